The third kappa shape index (κ3) is 5.94. The van der Waals surface area contributed by atoms with E-state index >= 15 is 0 Å². The van der Waals surface area contributed by atoms with Crippen LogP contribution in [0.4, 0.5) is 5.82 Å². The summed E-state index contributed by atoms with van der Waals surface area (Å²) in [4.78, 5) is 9.57. The van der Waals surface area contributed by atoms with Crippen LogP contribution in [0, 0.1) is 12.8 Å². The van der Waals surface area contributed by atoms with Crippen molar-refractivity contribution in [2.24, 2.45) is 5.92 Å². The van der Waals surface area contributed by atoms with Crippen LogP contribution in [0.2, 0.25) is 0 Å². The normalized spacial score (nSPS) is 11.8. The molecule has 3 aromatic rings. The number of methoxy groups -OCH3 is 1. The van der Waals surface area contributed by atoms with E-state index in [9.17, 15) is 0 Å². The van der Waals surface area contributed by atoms with E-state index < -0.39 is 0 Å². The Kier molecular flexibility index (Phi) is 8.79. The maximum atomic E-state index is 5.63. The predicted molar refractivity (Wildman–Crippen MR) is 130 cm³/mol. The average molecular weight is 422 g/mol. The van der Waals surface area contributed by atoms with Crippen molar-refractivity contribution in [3.8, 4) is 22.7 Å². The van der Waals surface area contributed by atoms with Gasteiger partial charge in [0.25, 0.3) is 0 Å². The van der Waals surface area contributed by atoms with Crippen molar-refractivity contribution in [2.45, 2.75) is 48.5 Å². The lowest BCUT2D eigenvalue weighted by Gasteiger charge is -2.19. The Morgan fingerprint density at radius 1 is 1.06 bits per heavy atom. The summed E-state index contributed by atoms with van der Waals surface area (Å²) >= 11 is 0. The van der Waals surface area contributed by atoms with Crippen LogP contribution < -0.4 is 10.1 Å². The van der Waals surface area contributed by atoms with E-state index in [1.54, 1.807) is 18.0 Å². The van der Waals surface area contributed by atoms with E-state index in [0.29, 0.717) is 0 Å². The molecule has 3 heterocycles. The summed E-state index contributed by atoms with van der Waals surface area (Å²) in [5.74, 6) is 2.42. The Morgan fingerprint density at radius 2 is 1.77 bits per heavy atom. The molecule has 1 aromatic carbocycles. The van der Waals surface area contributed by atoms with Gasteiger partial charge in [0, 0.05) is 30.6 Å². The van der Waals surface area contributed by atoms with Crippen LogP contribution in [0.15, 0.2) is 42.7 Å². The van der Waals surface area contributed by atoms with Gasteiger partial charge >= 0.3 is 0 Å². The van der Waals surface area contributed by atoms with Gasteiger partial charge < -0.3 is 10.1 Å². The molecule has 0 bridgehead atoms. The maximum absolute atomic E-state index is 5.63. The van der Waals surface area contributed by atoms with Gasteiger partial charge in [-0.25, -0.2) is 14.6 Å². The number of rotatable bonds is 3. The lowest BCUT2D eigenvalue weighted by Crippen LogP contribution is -2.12. The van der Waals surface area contributed by atoms with Crippen LogP contribution in [0.3, 0.4) is 0 Å². The summed E-state index contributed by atoms with van der Waals surface area (Å²) in [7, 11) is 1.67. The Balaban J connectivity index is 0.000000513. The number of aryl methyl sites for hydroxylation is 1. The van der Waals surface area contributed by atoms with Gasteiger partial charge in [-0.1, -0.05) is 40.7 Å². The van der Waals surface area contributed by atoms with E-state index in [-0.39, 0.29) is 0 Å². The fourth-order valence-corrected chi connectivity index (χ4v) is 3.01. The fourth-order valence-electron chi connectivity index (χ4n) is 3.01. The second-order valence-electron chi connectivity index (χ2n) is 7.69. The molecule has 0 saturated heterocycles. The summed E-state index contributed by atoms with van der Waals surface area (Å²) < 4.78 is 7.43. The topological polar surface area (TPSA) is 64.9 Å². The lowest BCUT2D eigenvalue weighted by atomic mass is 10.1. The number of fused-ring (bicyclic) bond motifs is 1. The van der Waals surface area contributed by atoms with Crippen LogP contribution >= 0.6 is 0 Å². The smallest absolute Gasteiger partial charge is 0.152 e. The largest absolute Gasteiger partial charge is 0.496 e. The SMILES string of the molecule is CC.CC(C)C.COc1cc(-n2cccn2)ccc1-c1nc2c(nc1C)NCC=C2C. The number of anilines is 1. The molecule has 0 radical (unpaired) electrons. The van der Waals surface area contributed by atoms with Gasteiger partial charge in [-0.05, 0) is 43.5 Å². The van der Waals surface area contributed by atoms with Crippen LogP contribution in [0.25, 0.3) is 22.5 Å². The first-order valence-corrected chi connectivity index (χ1v) is 10.9. The first-order valence-electron chi connectivity index (χ1n) is 10.9. The minimum atomic E-state index is 0.746. The third-order valence-electron chi connectivity index (χ3n) is 4.33. The summed E-state index contributed by atoms with van der Waals surface area (Å²) in [6.07, 6.45) is 5.77. The van der Waals surface area contributed by atoms with Gasteiger partial charge in [0.2, 0.25) is 0 Å². The number of benzene rings is 1. The molecular weight excluding hydrogens is 386 g/mol. The van der Waals surface area contributed by atoms with E-state index in [1.807, 2.05) is 51.2 Å². The van der Waals surface area contributed by atoms with Crippen LogP contribution in [-0.4, -0.2) is 33.4 Å². The first kappa shape index (κ1) is 24.1. The quantitative estimate of drug-likeness (QED) is 0.548. The summed E-state index contributed by atoms with van der Waals surface area (Å²) in [6.45, 7) is 15.3. The molecule has 1 aliphatic heterocycles. The van der Waals surface area contributed by atoms with Crippen molar-refractivity contribution >= 4 is 11.4 Å². The Labute approximate surface area is 186 Å². The van der Waals surface area contributed by atoms with Crippen LogP contribution in [-0.2, 0) is 0 Å². The molecule has 166 valence electrons. The summed E-state index contributed by atoms with van der Waals surface area (Å²) in [5.41, 5.74) is 5.58. The number of nitrogens with zero attached hydrogens (tertiary/aromatic N) is 4. The zero-order valence-electron chi connectivity index (χ0n) is 20.0. The highest BCUT2D eigenvalue weighted by Crippen LogP contribution is 2.35. The number of nitrogens with one attached hydrogen (secondary N) is 1. The number of ether oxygens (including phenoxy) is 1. The molecule has 31 heavy (non-hydrogen) atoms. The fraction of sp³-hybridized carbons (Fsp3) is 0.400. The molecule has 4 rings (SSSR count). The zero-order valence-corrected chi connectivity index (χ0v) is 20.0. The summed E-state index contributed by atoms with van der Waals surface area (Å²) in [5, 5.41) is 7.54. The van der Waals surface area contributed by atoms with Crippen molar-refractivity contribution in [3.05, 3.63) is 54.1 Å². The second-order valence-corrected chi connectivity index (χ2v) is 7.69. The van der Waals surface area contributed by atoms with Crippen LogP contribution in [0.5, 0.6) is 5.75 Å². The standard InChI is InChI=1S/C19H19N5O.C4H10.C2H6/c1-12-7-9-20-19-17(12)23-18(13(2)22-19)15-6-5-14(11-16(15)25-3)24-10-4-8-21-24;1-4(2)3;1-2/h4-8,10-11H,9H2,1-3H3,(H,20,22);4H,1-3H3;1-2H3. The molecule has 0 atom stereocenters. The Hall–Kier alpha value is -3.15. The van der Waals surface area contributed by atoms with Crippen molar-refractivity contribution in [3.63, 3.8) is 0 Å². The van der Waals surface area contributed by atoms with Gasteiger partial charge in [0.15, 0.2) is 5.82 Å². The first-order chi connectivity index (χ1) is 14.9. The van der Waals surface area contributed by atoms with Crippen molar-refractivity contribution in [1.29, 1.82) is 0 Å². The summed E-state index contributed by atoms with van der Waals surface area (Å²) in [6, 6.07) is 7.87. The zero-order chi connectivity index (χ0) is 23.0. The Morgan fingerprint density at radius 3 is 2.39 bits per heavy atom. The molecule has 0 aliphatic carbocycles. The molecule has 6 heteroatoms. The van der Waals surface area contributed by atoms with Gasteiger partial charge in [0.1, 0.15) is 11.4 Å². The number of hydrogen-bond donors (Lipinski definition) is 1. The molecule has 0 fully saturated rings. The molecule has 0 spiro atoms. The molecule has 1 N–H and O–H groups in total. The number of hydrogen-bond acceptors (Lipinski definition) is 5. The van der Waals surface area contributed by atoms with E-state index in [0.717, 1.165) is 57.9 Å². The van der Waals surface area contributed by atoms with E-state index in [1.165, 1.54) is 0 Å². The van der Waals surface area contributed by atoms with Gasteiger partial charge in [-0.2, -0.15) is 5.10 Å². The molecule has 6 nitrogen and oxygen atoms in total. The molecule has 0 unspecified atom stereocenters. The third-order valence-corrected chi connectivity index (χ3v) is 4.33. The predicted octanol–water partition coefficient (Wildman–Crippen LogP) is 6.16. The monoisotopic (exact) mass is 421 g/mol. The van der Waals surface area contributed by atoms with E-state index in [2.05, 4.69) is 44.2 Å². The van der Waals surface area contributed by atoms with Gasteiger partial charge in [0.05, 0.1) is 24.2 Å². The minimum absolute atomic E-state index is 0.746. The lowest BCUT2D eigenvalue weighted by molar-refractivity contribution is 0.416. The molecular formula is C25H35N5O. The maximum Gasteiger partial charge on any atom is 0.152 e. The van der Waals surface area contributed by atoms with Crippen molar-refractivity contribution < 1.29 is 4.74 Å². The van der Waals surface area contributed by atoms with Crippen molar-refractivity contribution in [2.75, 3.05) is 19.0 Å². The van der Waals surface area contributed by atoms with Crippen molar-refractivity contribution in [1.82, 2.24) is 19.7 Å². The van der Waals surface area contributed by atoms with E-state index in [4.69, 9.17) is 14.7 Å². The van der Waals surface area contributed by atoms with Crippen LogP contribution in [0.1, 0.15) is 52.9 Å². The molecule has 1 aliphatic rings. The molecule has 0 saturated carbocycles. The molecule has 2 aromatic heterocycles. The second kappa shape index (κ2) is 11.3. The highest BCUT2D eigenvalue weighted by molar-refractivity contribution is 5.78. The van der Waals surface area contributed by atoms with Gasteiger partial charge in [-0.15, -0.1) is 0 Å². The molecule has 0 amide bonds. The number of aromatic nitrogens is 4. The highest BCUT2D eigenvalue weighted by Gasteiger charge is 2.19. The number of allylic oxidation sites excluding steroid dienone is 1. The average Bonchev–Trinajstić information content (AvgIpc) is 3.29. The highest BCUT2D eigenvalue weighted by atomic mass is 16.5. The van der Waals surface area contributed by atoms with Gasteiger partial charge in [-0.3, -0.25) is 0 Å². The minimum Gasteiger partial charge on any atom is -0.496 e. The Bertz CT molecular complexity index is 1000.